The molecule has 16 heavy (non-hydrogen) atoms. The minimum Gasteiger partial charge on any atom is -0.300 e. The number of likely N-dealkylation sites (tertiary alicyclic amines) is 1. The number of rotatable bonds is 5. The molecule has 1 rings (SSSR count). The number of hydrogen-bond acceptors (Lipinski definition) is 3. The summed E-state index contributed by atoms with van der Waals surface area (Å²) in [5.41, 5.74) is 0. The Morgan fingerprint density at radius 2 is 2.12 bits per heavy atom. The molecular formula is C11H20ClNO2S. The van der Waals surface area contributed by atoms with Gasteiger partial charge in [-0.2, -0.15) is 0 Å². The Balaban J connectivity index is 2.35. The highest BCUT2D eigenvalue weighted by Crippen LogP contribution is 2.19. The van der Waals surface area contributed by atoms with Crippen LogP contribution in [0.4, 0.5) is 0 Å². The van der Waals surface area contributed by atoms with Crippen LogP contribution in [0.5, 0.6) is 0 Å². The van der Waals surface area contributed by atoms with Gasteiger partial charge in [-0.1, -0.05) is 25.5 Å². The Kier molecular flexibility index (Phi) is 5.79. The van der Waals surface area contributed by atoms with Gasteiger partial charge in [0.05, 0.1) is 5.75 Å². The third-order valence-electron chi connectivity index (χ3n) is 3.03. The lowest BCUT2D eigenvalue weighted by Crippen LogP contribution is -2.38. The second kappa shape index (κ2) is 6.62. The van der Waals surface area contributed by atoms with Gasteiger partial charge in [-0.05, 0) is 32.4 Å². The maximum atomic E-state index is 10.7. The van der Waals surface area contributed by atoms with E-state index >= 15 is 0 Å². The molecule has 94 valence electrons. The molecule has 1 aliphatic heterocycles. The van der Waals surface area contributed by atoms with Crippen LogP contribution in [0.2, 0.25) is 0 Å². The normalized spacial score (nSPS) is 24.0. The number of hydrogen-bond donors (Lipinski definition) is 0. The van der Waals surface area contributed by atoms with Crippen molar-refractivity contribution in [3.63, 3.8) is 0 Å². The van der Waals surface area contributed by atoms with Crippen LogP contribution in [-0.4, -0.2) is 38.2 Å². The summed E-state index contributed by atoms with van der Waals surface area (Å²) in [6.07, 6.45) is 8.31. The smallest absolute Gasteiger partial charge is 0.236 e. The fraction of sp³-hybridized carbons (Fsp3) is 0.818. The van der Waals surface area contributed by atoms with E-state index in [4.69, 9.17) is 10.7 Å². The zero-order chi connectivity index (χ0) is 12.0. The van der Waals surface area contributed by atoms with Crippen molar-refractivity contribution < 1.29 is 8.42 Å². The molecule has 3 nitrogen and oxygen atoms in total. The third-order valence-corrected chi connectivity index (χ3v) is 3.99. The second-order valence-electron chi connectivity index (χ2n) is 4.19. The predicted octanol–water partition coefficient (Wildman–Crippen LogP) is 2.38. The van der Waals surface area contributed by atoms with Crippen molar-refractivity contribution in [3.8, 4) is 0 Å². The molecule has 1 aliphatic rings. The van der Waals surface area contributed by atoms with E-state index in [0.717, 1.165) is 13.0 Å². The van der Waals surface area contributed by atoms with Gasteiger partial charge >= 0.3 is 0 Å². The summed E-state index contributed by atoms with van der Waals surface area (Å²) in [6.45, 7) is 4.42. The van der Waals surface area contributed by atoms with E-state index in [9.17, 15) is 8.42 Å². The molecule has 5 heteroatoms. The van der Waals surface area contributed by atoms with Crippen LogP contribution in [0.15, 0.2) is 12.2 Å². The minimum absolute atomic E-state index is 0.0621. The standard InChI is InChI=1S/C11H20ClNO2S/c1-2-13-9-5-3-7-11(13)8-4-6-10-16(12,14)15/h4,6,11H,2-3,5,7-10H2,1H3/b6-4-. The average Bonchev–Trinajstić information content (AvgIpc) is 2.23. The zero-order valence-electron chi connectivity index (χ0n) is 9.73. The van der Waals surface area contributed by atoms with E-state index in [1.165, 1.54) is 25.8 Å². The molecule has 1 saturated heterocycles. The summed E-state index contributed by atoms with van der Waals surface area (Å²) in [5, 5.41) is 0. The van der Waals surface area contributed by atoms with E-state index in [0.29, 0.717) is 6.04 Å². The molecule has 1 heterocycles. The molecule has 1 unspecified atom stereocenters. The molecule has 0 bridgehead atoms. The van der Waals surface area contributed by atoms with Gasteiger partial charge < -0.3 is 4.90 Å². The summed E-state index contributed by atoms with van der Waals surface area (Å²) >= 11 is 0. The highest BCUT2D eigenvalue weighted by molar-refractivity contribution is 8.13. The highest BCUT2D eigenvalue weighted by atomic mass is 35.7. The maximum Gasteiger partial charge on any atom is 0.236 e. The Bertz CT molecular complexity index is 327. The molecular weight excluding hydrogens is 246 g/mol. The van der Waals surface area contributed by atoms with E-state index in [2.05, 4.69) is 11.8 Å². The van der Waals surface area contributed by atoms with Gasteiger partial charge in [-0.3, -0.25) is 0 Å². The largest absolute Gasteiger partial charge is 0.300 e. The van der Waals surface area contributed by atoms with Crippen LogP contribution in [0.25, 0.3) is 0 Å². The van der Waals surface area contributed by atoms with Crippen LogP contribution in [0.1, 0.15) is 32.6 Å². The van der Waals surface area contributed by atoms with Gasteiger partial charge in [-0.15, -0.1) is 0 Å². The molecule has 0 radical (unpaired) electrons. The summed E-state index contributed by atoms with van der Waals surface area (Å²) < 4.78 is 21.4. The summed E-state index contributed by atoms with van der Waals surface area (Å²) in [5.74, 6) is -0.0621. The van der Waals surface area contributed by atoms with Gasteiger partial charge in [-0.25, -0.2) is 8.42 Å². The third kappa shape index (κ3) is 5.32. The summed E-state index contributed by atoms with van der Waals surface area (Å²) in [6, 6.07) is 0.577. The zero-order valence-corrected chi connectivity index (χ0v) is 11.3. The van der Waals surface area contributed by atoms with Crippen LogP contribution < -0.4 is 0 Å². The van der Waals surface area contributed by atoms with Gasteiger partial charge in [0.2, 0.25) is 9.05 Å². The lowest BCUT2D eigenvalue weighted by molar-refractivity contribution is 0.157. The van der Waals surface area contributed by atoms with E-state index in [-0.39, 0.29) is 5.75 Å². The van der Waals surface area contributed by atoms with Crippen molar-refractivity contribution in [1.82, 2.24) is 4.90 Å². The van der Waals surface area contributed by atoms with E-state index < -0.39 is 9.05 Å². The highest BCUT2D eigenvalue weighted by Gasteiger charge is 2.19. The fourth-order valence-corrected chi connectivity index (χ4v) is 2.76. The first-order valence-corrected chi connectivity index (χ1v) is 8.32. The van der Waals surface area contributed by atoms with Crippen molar-refractivity contribution in [2.45, 2.75) is 38.6 Å². The molecule has 0 aliphatic carbocycles. The van der Waals surface area contributed by atoms with Gasteiger partial charge in [0.15, 0.2) is 0 Å². The molecule has 0 spiro atoms. The second-order valence-corrected chi connectivity index (χ2v) is 7.01. The van der Waals surface area contributed by atoms with Crippen molar-refractivity contribution in [2.24, 2.45) is 0 Å². The first-order valence-electron chi connectivity index (χ1n) is 5.84. The van der Waals surface area contributed by atoms with Crippen LogP contribution >= 0.6 is 10.7 Å². The Hall–Kier alpha value is -0.0600. The van der Waals surface area contributed by atoms with E-state index in [1.807, 2.05) is 6.08 Å². The van der Waals surface area contributed by atoms with Crippen molar-refractivity contribution in [2.75, 3.05) is 18.8 Å². The number of piperidine rings is 1. The molecule has 0 amide bonds. The minimum atomic E-state index is -3.37. The van der Waals surface area contributed by atoms with Crippen molar-refractivity contribution in [1.29, 1.82) is 0 Å². The topological polar surface area (TPSA) is 37.4 Å². The molecule has 0 N–H and O–H groups in total. The summed E-state index contributed by atoms with van der Waals surface area (Å²) in [4.78, 5) is 2.46. The van der Waals surface area contributed by atoms with Gasteiger partial charge in [0, 0.05) is 16.7 Å². The van der Waals surface area contributed by atoms with Crippen LogP contribution in [0, 0.1) is 0 Å². The predicted molar refractivity (Wildman–Crippen MR) is 68.3 cm³/mol. The lowest BCUT2D eigenvalue weighted by atomic mass is 9.99. The SMILES string of the molecule is CCN1CCCCC1C/C=C\CS(=O)(=O)Cl. The van der Waals surface area contributed by atoms with Crippen molar-refractivity contribution >= 4 is 19.7 Å². The summed E-state index contributed by atoms with van der Waals surface area (Å²) in [7, 11) is 1.75. The van der Waals surface area contributed by atoms with Gasteiger partial charge in [0.25, 0.3) is 0 Å². The maximum absolute atomic E-state index is 10.7. The van der Waals surface area contributed by atoms with E-state index in [1.54, 1.807) is 6.08 Å². The molecule has 0 saturated carbocycles. The molecule has 0 aromatic heterocycles. The first-order chi connectivity index (χ1) is 7.53. The lowest BCUT2D eigenvalue weighted by Gasteiger charge is -2.34. The molecule has 1 fully saturated rings. The molecule has 0 aromatic rings. The number of nitrogens with zero attached hydrogens (tertiary/aromatic N) is 1. The Morgan fingerprint density at radius 1 is 1.38 bits per heavy atom. The Labute approximate surface area is 103 Å². The molecule has 1 atom stereocenters. The van der Waals surface area contributed by atoms with Crippen LogP contribution in [-0.2, 0) is 9.05 Å². The average molecular weight is 266 g/mol. The van der Waals surface area contributed by atoms with Crippen LogP contribution in [0.3, 0.4) is 0 Å². The van der Waals surface area contributed by atoms with Crippen molar-refractivity contribution in [3.05, 3.63) is 12.2 Å². The fourth-order valence-electron chi connectivity index (χ4n) is 2.18. The monoisotopic (exact) mass is 265 g/mol. The first kappa shape index (κ1) is 14.0. The molecule has 0 aromatic carbocycles. The Morgan fingerprint density at radius 3 is 2.75 bits per heavy atom. The van der Waals surface area contributed by atoms with Gasteiger partial charge in [0.1, 0.15) is 0 Å². The number of halogens is 1. The quantitative estimate of drug-likeness (QED) is 0.566.